The van der Waals surface area contributed by atoms with Gasteiger partial charge in [-0.1, -0.05) is 76.6 Å². The molecule has 234 valence electrons. The zero-order valence-corrected chi connectivity index (χ0v) is 28.0. The molecule has 0 bridgehead atoms. The van der Waals surface area contributed by atoms with E-state index in [2.05, 4.69) is 127 Å². The summed E-state index contributed by atoms with van der Waals surface area (Å²) in [5.41, 5.74) is 5.55. The largest absolute Gasteiger partial charge is 0.372 e. The predicted octanol–water partition coefficient (Wildman–Crippen LogP) is 10.3. The monoisotopic (exact) mass is 585 g/mol. The van der Waals surface area contributed by atoms with Gasteiger partial charge in [-0.2, -0.15) is 10.2 Å². The fraction of sp³-hybridized carbons (Fsp3) is 0.553. The van der Waals surface area contributed by atoms with Crippen LogP contribution in [0.1, 0.15) is 92.4 Å². The summed E-state index contributed by atoms with van der Waals surface area (Å²) in [6, 6.07) is 21.7. The van der Waals surface area contributed by atoms with Crippen LogP contribution >= 0.6 is 0 Å². The van der Waals surface area contributed by atoms with E-state index in [9.17, 15) is 0 Å². The average Bonchev–Trinajstić information content (AvgIpc) is 3.06. The highest BCUT2D eigenvalue weighted by atomic mass is 15.3. The lowest BCUT2D eigenvalue weighted by Gasteiger charge is -2.35. The third-order valence-electron chi connectivity index (χ3n) is 9.21. The Morgan fingerprint density at radius 2 is 1.05 bits per heavy atom. The number of hydrogen-bond acceptors (Lipinski definition) is 3. The molecule has 0 saturated heterocycles. The molecule has 0 N–H and O–H groups in total. The molecule has 0 atom stereocenters. The van der Waals surface area contributed by atoms with E-state index in [4.69, 9.17) is 0 Å². The minimum Gasteiger partial charge on any atom is -0.372 e. The third kappa shape index (κ3) is 11.5. The summed E-state index contributed by atoms with van der Waals surface area (Å²) in [5.74, 6) is 0. The van der Waals surface area contributed by atoms with Crippen molar-refractivity contribution in [1.29, 1.82) is 0 Å². The molecule has 5 heteroatoms. The van der Waals surface area contributed by atoms with Crippen LogP contribution in [-0.4, -0.2) is 43.8 Å². The summed E-state index contributed by atoms with van der Waals surface area (Å²) in [6.45, 7) is 19.7. The summed E-state index contributed by atoms with van der Waals surface area (Å²) in [5, 5.41) is 8.98. The lowest BCUT2D eigenvalue weighted by Crippen LogP contribution is -2.49. The van der Waals surface area contributed by atoms with Gasteiger partial charge in [0.25, 0.3) is 0 Å². The van der Waals surface area contributed by atoms with Crippen LogP contribution in [0, 0.1) is 0 Å². The Labute approximate surface area is 263 Å². The molecule has 0 aliphatic rings. The molecule has 3 rings (SSSR count). The van der Waals surface area contributed by atoms with E-state index in [0.29, 0.717) is 0 Å². The van der Waals surface area contributed by atoms with Gasteiger partial charge in [0.15, 0.2) is 18.9 Å². The van der Waals surface area contributed by atoms with Gasteiger partial charge < -0.3 is 9.38 Å². The Bertz CT molecular complexity index is 1140. The van der Waals surface area contributed by atoms with E-state index in [1.807, 2.05) is 0 Å². The van der Waals surface area contributed by atoms with Gasteiger partial charge in [-0.3, -0.25) is 0 Å². The second-order valence-corrected chi connectivity index (χ2v) is 12.1. The zero-order chi connectivity index (χ0) is 30.8. The number of benzene rings is 2. The van der Waals surface area contributed by atoms with Gasteiger partial charge in [0.1, 0.15) is 0 Å². The SMILES string of the molecule is CCCCCCN(CCCCCC)c1ccc(-c2ccc(/N=N/c3cc[n+](CCC[N+](CC)(CC)CC)cc3)cc2)cc1. The lowest BCUT2D eigenvalue weighted by molar-refractivity contribution is -0.925. The summed E-state index contributed by atoms with van der Waals surface area (Å²) in [6.07, 6.45) is 15.9. The first kappa shape index (κ1) is 34.4. The molecule has 0 radical (unpaired) electrons. The van der Waals surface area contributed by atoms with Gasteiger partial charge in [-0.05, 0) is 69.0 Å². The van der Waals surface area contributed by atoms with Gasteiger partial charge in [-0.25, -0.2) is 4.57 Å². The first-order valence-electron chi connectivity index (χ1n) is 17.3. The Morgan fingerprint density at radius 1 is 0.558 bits per heavy atom. The number of rotatable bonds is 21. The normalized spacial score (nSPS) is 11.8. The van der Waals surface area contributed by atoms with Crippen LogP contribution in [0.15, 0.2) is 83.3 Å². The van der Waals surface area contributed by atoms with Crippen LogP contribution in [0.2, 0.25) is 0 Å². The van der Waals surface area contributed by atoms with Crippen LogP contribution < -0.4 is 9.47 Å². The molecule has 0 aliphatic heterocycles. The number of nitrogens with zero attached hydrogens (tertiary/aromatic N) is 5. The number of quaternary nitrogens is 1. The van der Waals surface area contributed by atoms with Crippen LogP contribution in [0.25, 0.3) is 11.1 Å². The Morgan fingerprint density at radius 3 is 1.53 bits per heavy atom. The molecule has 0 saturated carbocycles. The number of hydrogen-bond donors (Lipinski definition) is 0. The number of unbranched alkanes of at least 4 members (excludes halogenated alkanes) is 6. The van der Waals surface area contributed by atoms with Gasteiger partial charge >= 0.3 is 0 Å². The molecule has 0 unspecified atom stereocenters. The highest BCUT2D eigenvalue weighted by molar-refractivity contribution is 5.67. The highest BCUT2D eigenvalue weighted by Gasteiger charge is 2.20. The van der Waals surface area contributed by atoms with E-state index in [-0.39, 0.29) is 0 Å². The minimum atomic E-state index is 0.871. The molecule has 43 heavy (non-hydrogen) atoms. The third-order valence-corrected chi connectivity index (χ3v) is 9.21. The van der Waals surface area contributed by atoms with E-state index in [0.717, 1.165) is 31.0 Å². The Hall–Kier alpha value is -3.05. The average molecular weight is 586 g/mol. The first-order chi connectivity index (χ1) is 21.1. The number of aryl methyl sites for hydroxylation is 1. The fourth-order valence-electron chi connectivity index (χ4n) is 5.93. The number of azo groups is 1. The Balaban J connectivity index is 1.55. The smallest absolute Gasteiger partial charge is 0.171 e. The standard InChI is InChI=1S/C38H59N5/c1-6-11-13-15-29-42(30-16-14-12-7-2)38-24-20-35(21-25-38)34-18-22-36(23-19-34)39-40-37-26-31-41(32-27-37)28-17-33-43(8-3,9-4)10-5/h18-27,31-32H,6-17,28-30,33H2,1-5H3/q+2. The van der Waals surface area contributed by atoms with Crippen molar-refractivity contribution in [3.05, 3.63) is 73.1 Å². The molecule has 2 aromatic carbocycles. The van der Waals surface area contributed by atoms with Crippen molar-refractivity contribution in [1.82, 2.24) is 0 Å². The van der Waals surface area contributed by atoms with Crippen molar-refractivity contribution >= 4 is 17.1 Å². The molecule has 0 spiro atoms. The second kappa shape index (κ2) is 19.3. The van der Waals surface area contributed by atoms with Crippen molar-refractivity contribution in [2.24, 2.45) is 10.2 Å². The summed E-state index contributed by atoms with van der Waals surface area (Å²) in [7, 11) is 0. The maximum atomic E-state index is 4.50. The molecular formula is C38H59N5+2. The lowest BCUT2D eigenvalue weighted by atomic mass is 10.0. The first-order valence-corrected chi connectivity index (χ1v) is 17.3. The van der Waals surface area contributed by atoms with Crippen LogP contribution in [0.3, 0.4) is 0 Å². The number of aromatic nitrogens is 1. The molecule has 3 aromatic rings. The predicted molar refractivity (Wildman–Crippen MR) is 185 cm³/mol. The van der Waals surface area contributed by atoms with Crippen LogP contribution in [0.5, 0.6) is 0 Å². The van der Waals surface area contributed by atoms with Crippen LogP contribution in [0.4, 0.5) is 17.1 Å². The van der Waals surface area contributed by atoms with Gasteiger partial charge in [-0.15, -0.1) is 0 Å². The van der Waals surface area contributed by atoms with Crippen molar-refractivity contribution in [3.63, 3.8) is 0 Å². The number of pyridine rings is 1. The number of anilines is 1. The zero-order valence-electron chi connectivity index (χ0n) is 28.0. The maximum Gasteiger partial charge on any atom is 0.171 e. The summed E-state index contributed by atoms with van der Waals surface area (Å²) in [4.78, 5) is 2.60. The van der Waals surface area contributed by atoms with Crippen molar-refractivity contribution in [2.45, 2.75) is 99.0 Å². The molecular weight excluding hydrogens is 526 g/mol. The van der Waals surface area contributed by atoms with E-state index >= 15 is 0 Å². The van der Waals surface area contributed by atoms with E-state index in [1.54, 1.807) is 0 Å². The molecule has 1 heterocycles. The minimum absolute atomic E-state index is 0.871. The molecule has 1 aromatic heterocycles. The molecule has 0 fully saturated rings. The molecule has 0 aliphatic carbocycles. The fourth-order valence-corrected chi connectivity index (χ4v) is 5.93. The summed E-state index contributed by atoms with van der Waals surface area (Å²) >= 11 is 0. The van der Waals surface area contributed by atoms with Gasteiger partial charge in [0.05, 0.1) is 44.0 Å². The van der Waals surface area contributed by atoms with Crippen molar-refractivity contribution in [2.75, 3.05) is 44.2 Å². The molecule has 0 amide bonds. The second-order valence-electron chi connectivity index (χ2n) is 12.1. The van der Waals surface area contributed by atoms with Gasteiger partial charge in [0, 0.05) is 30.9 Å². The molecule has 5 nitrogen and oxygen atoms in total. The van der Waals surface area contributed by atoms with Crippen molar-refractivity contribution in [3.8, 4) is 11.1 Å². The quantitative estimate of drug-likeness (QED) is 0.0530. The Kier molecular flexibility index (Phi) is 15.4. The highest BCUT2D eigenvalue weighted by Crippen LogP contribution is 2.27. The van der Waals surface area contributed by atoms with E-state index < -0.39 is 0 Å². The van der Waals surface area contributed by atoms with E-state index in [1.165, 1.54) is 105 Å². The maximum absolute atomic E-state index is 4.50. The summed E-state index contributed by atoms with van der Waals surface area (Å²) < 4.78 is 3.46. The van der Waals surface area contributed by atoms with Crippen molar-refractivity contribution < 1.29 is 9.05 Å². The topological polar surface area (TPSA) is 31.8 Å². The van der Waals surface area contributed by atoms with Gasteiger partial charge in [0.2, 0.25) is 0 Å². The van der Waals surface area contributed by atoms with Crippen LogP contribution in [-0.2, 0) is 6.54 Å².